The van der Waals surface area contributed by atoms with Gasteiger partial charge in [0.25, 0.3) is 0 Å². The fourth-order valence-corrected chi connectivity index (χ4v) is 1.00. The van der Waals surface area contributed by atoms with Gasteiger partial charge >= 0.3 is 0 Å². The van der Waals surface area contributed by atoms with Crippen LogP contribution in [-0.4, -0.2) is 12.6 Å². The monoisotopic (exact) mass is 209 g/mol. The molecular weight excluding hydrogens is 182 g/mol. The Kier molecular flexibility index (Phi) is 5.30. The van der Waals surface area contributed by atoms with Crippen molar-refractivity contribution in [2.75, 3.05) is 7.05 Å². The molecule has 0 radical (unpaired) electrons. The van der Waals surface area contributed by atoms with Gasteiger partial charge in [-0.05, 0) is 26.8 Å². The summed E-state index contributed by atoms with van der Waals surface area (Å²) in [6, 6.07) is 0. The van der Waals surface area contributed by atoms with Crippen molar-refractivity contribution in [2.45, 2.75) is 47.1 Å². The smallest absolute Gasteiger partial charge is 0.0304 e. The molecule has 0 saturated carbocycles. The van der Waals surface area contributed by atoms with Crippen LogP contribution in [0.5, 0.6) is 0 Å². The average Bonchev–Trinajstić information content (AvgIpc) is 2.13. The second-order valence-corrected chi connectivity index (χ2v) is 5.73. The lowest BCUT2D eigenvalue weighted by Gasteiger charge is -2.22. The lowest BCUT2D eigenvalue weighted by atomic mass is 9.89. The highest BCUT2D eigenvalue weighted by molar-refractivity contribution is 5.12. The Bertz CT molecular complexity index is 232. The quantitative estimate of drug-likeness (QED) is 0.679. The molecule has 0 fully saturated rings. The van der Waals surface area contributed by atoms with E-state index in [9.17, 15) is 0 Å². The van der Waals surface area contributed by atoms with Crippen LogP contribution >= 0.6 is 0 Å². The number of hydrogen-bond donors (Lipinski definition) is 1. The van der Waals surface area contributed by atoms with Crippen LogP contribution in [0.4, 0.5) is 0 Å². The second-order valence-electron chi connectivity index (χ2n) is 5.73. The van der Waals surface area contributed by atoms with Crippen molar-refractivity contribution in [1.29, 1.82) is 0 Å². The Hall–Kier alpha value is -0.560. The molecular formula is C14H27N. The Morgan fingerprint density at radius 2 is 1.47 bits per heavy atom. The van der Waals surface area contributed by atoms with Gasteiger partial charge in [-0.3, -0.25) is 0 Å². The molecule has 0 bridgehead atoms. The zero-order valence-electron chi connectivity index (χ0n) is 11.4. The molecule has 0 unspecified atom stereocenters. The van der Waals surface area contributed by atoms with Crippen molar-refractivity contribution < 1.29 is 0 Å². The number of nitrogens with one attached hydrogen (secondary N) is 1. The molecule has 0 aliphatic carbocycles. The molecule has 0 atom stereocenters. The van der Waals surface area contributed by atoms with Gasteiger partial charge in [0.05, 0.1) is 0 Å². The third-order valence-electron chi connectivity index (χ3n) is 2.48. The van der Waals surface area contributed by atoms with E-state index < -0.39 is 0 Å². The van der Waals surface area contributed by atoms with Crippen molar-refractivity contribution in [3.63, 3.8) is 0 Å². The summed E-state index contributed by atoms with van der Waals surface area (Å²) in [7, 11) is 1.99. The molecule has 1 heteroatoms. The normalized spacial score (nSPS) is 14.7. The number of allylic oxidation sites excluding steroid dienone is 3. The standard InChI is InChI=1S/C14H27N/c1-12(2)8-9-13(3,4)10-11-14(5,6)15-7/h8-12,15H,1-7H3. The van der Waals surface area contributed by atoms with E-state index in [0.717, 1.165) is 0 Å². The minimum absolute atomic E-state index is 0.0724. The van der Waals surface area contributed by atoms with E-state index >= 15 is 0 Å². The first-order valence-corrected chi connectivity index (χ1v) is 5.77. The highest BCUT2D eigenvalue weighted by Gasteiger charge is 2.14. The summed E-state index contributed by atoms with van der Waals surface area (Å²) in [6.07, 6.45) is 9.04. The molecule has 1 nitrogen and oxygen atoms in total. The van der Waals surface area contributed by atoms with Crippen LogP contribution < -0.4 is 5.32 Å². The van der Waals surface area contributed by atoms with Crippen LogP contribution in [0.15, 0.2) is 24.3 Å². The van der Waals surface area contributed by atoms with Gasteiger partial charge in [-0.1, -0.05) is 52.0 Å². The van der Waals surface area contributed by atoms with Gasteiger partial charge in [-0.2, -0.15) is 0 Å². The topological polar surface area (TPSA) is 12.0 Å². The second kappa shape index (κ2) is 5.50. The first-order valence-electron chi connectivity index (χ1n) is 5.77. The summed E-state index contributed by atoms with van der Waals surface area (Å²) in [4.78, 5) is 0. The molecule has 0 amide bonds. The summed E-state index contributed by atoms with van der Waals surface area (Å²) in [6.45, 7) is 13.2. The summed E-state index contributed by atoms with van der Waals surface area (Å²) in [5.74, 6) is 0.620. The molecule has 0 aromatic heterocycles. The Morgan fingerprint density at radius 1 is 0.933 bits per heavy atom. The predicted octanol–water partition coefficient (Wildman–Crippen LogP) is 3.78. The number of hydrogen-bond acceptors (Lipinski definition) is 1. The predicted molar refractivity (Wildman–Crippen MR) is 70.0 cm³/mol. The van der Waals surface area contributed by atoms with Crippen molar-refractivity contribution >= 4 is 0 Å². The third kappa shape index (κ3) is 7.38. The van der Waals surface area contributed by atoms with Crippen LogP contribution in [0.1, 0.15) is 41.5 Å². The Morgan fingerprint density at radius 3 is 1.87 bits per heavy atom. The lowest BCUT2D eigenvalue weighted by molar-refractivity contribution is 0.514. The SMILES string of the molecule is CNC(C)(C)C=CC(C)(C)C=CC(C)C. The number of likely N-dealkylation sites (N-methyl/N-ethyl adjacent to an activating group) is 1. The molecule has 1 N–H and O–H groups in total. The summed E-state index contributed by atoms with van der Waals surface area (Å²) in [5, 5.41) is 3.27. The van der Waals surface area contributed by atoms with Crippen LogP contribution in [-0.2, 0) is 0 Å². The summed E-state index contributed by atoms with van der Waals surface area (Å²) in [5.41, 5.74) is 0.210. The summed E-state index contributed by atoms with van der Waals surface area (Å²) >= 11 is 0. The van der Waals surface area contributed by atoms with E-state index in [-0.39, 0.29) is 11.0 Å². The zero-order valence-corrected chi connectivity index (χ0v) is 11.4. The van der Waals surface area contributed by atoms with Crippen molar-refractivity contribution in [2.24, 2.45) is 11.3 Å². The van der Waals surface area contributed by atoms with Gasteiger partial charge in [0.1, 0.15) is 0 Å². The highest BCUT2D eigenvalue weighted by atomic mass is 14.9. The van der Waals surface area contributed by atoms with Gasteiger partial charge < -0.3 is 5.32 Å². The maximum Gasteiger partial charge on any atom is 0.0304 e. The molecule has 0 aromatic rings. The van der Waals surface area contributed by atoms with E-state index in [4.69, 9.17) is 0 Å². The van der Waals surface area contributed by atoms with Crippen molar-refractivity contribution in [3.05, 3.63) is 24.3 Å². The minimum Gasteiger partial charge on any atom is -0.311 e. The van der Waals surface area contributed by atoms with Gasteiger partial charge in [0, 0.05) is 11.0 Å². The molecule has 0 rings (SSSR count). The first kappa shape index (κ1) is 14.4. The van der Waals surface area contributed by atoms with Gasteiger partial charge in [0.15, 0.2) is 0 Å². The van der Waals surface area contributed by atoms with E-state index in [1.54, 1.807) is 0 Å². The molecule has 15 heavy (non-hydrogen) atoms. The molecule has 0 aliphatic rings. The van der Waals surface area contributed by atoms with E-state index in [1.165, 1.54) is 0 Å². The molecule has 88 valence electrons. The molecule has 0 spiro atoms. The van der Waals surface area contributed by atoms with E-state index in [2.05, 4.69) is 71.2 Å². The van der Waals surface area contributed by atoms with Gasteiger partial charge in [-0.25, -0.2) is 0 Å². The van der Waals surface area contributed by atoms with E-state index in [0.29, 0.717) is 5.92 Å². The Balaban J connectivity index is 4.50. The third-order valence-corrected chi connectivity index (χ3v) is 2.48. The Labute approximate surface area is 95.7 Å². The zero-order chi connectivity index (χ0) is 12.1. The largest absolute Gasteiger partial charge is 0.311 e. The molecule has 0 aliphatic heterocycles. The van der Waals surface area contributed by atoms with Gasteiger partial charge in [0.2, 0.25) is 0 Å². The fourth-order valence-electron chi connectivity index (χ4n) is 1.00. The van der Waals surface area contributed by atoms with Crippen molar-refractivity contribution in [3.8, 4) is 0 Å². The van der Waals surface area contributed by atoms with Crippen LogP contribution in [0.25, 0.3) is 0 Å². The summed E-state index contributed by atoms with van der Waals surface area (Å²) < 4.78 is 0. The van der Waals surface area contributed by atoms with Crippen LogP contribution in [0.2, 0.25) is 0 Å². The number of rotatable bonds is 5. The maximum atomic E-state index is 3.27. The van der Waals surface area contributed by atoms with Gasteiger partial charge in [-0.15, -0.1) is 0 Å². The minimum atomic E-state index is 0.0724. The first-order chi connectivity index (χ1) is 6.68. The highest BCUT2D eigenvalue weighted by Crippen LogP contribution is 2.21. The van der Waals surface area contributed by atoms with Crippen LogP contribution in [0.3, 0.4) is 0 Å². The maximum absolute atomic E-state index is 3.27. The molecule has 0 saturated heterocycles. The average molecular weight is 209 g/mol. The van der Waals surface area contributed by atoms with E-state index in [1.807, 2.05) is 7.05 Å². The fraction of sp³-hybridized carbons (Fsp3) is 0.714. The molecule has 0 aromatic carbocycles. The van der Waals surface area contributed by atoms with Crippen LogP contribution in [0, 0.1) is 11.3 Å². The molecule has 0 heterocycles. The lowest BCUT2D eigenvalue weighted by Crippen LogP contribution is -2.33. The van der Waals surface area contributed by atoms with Crippen molar-refractivity contribution in [1.82, 2.24) is 5.32 Å².